The Labute approximate surface area is 136 Å². The van der Waals surface area contributed by atoms with Gasteiger partial charge in [0, 0.05) is 11.2 Å². The van der Waals surface area contributed by atoms with E-state index in [1.807, 2.05) is 0 Å². The smallest absolute Gasteiger partial charge is 0.427 e. The Bertz CT molecular complexity index is 336. The van der Waals surface area contributed by atoms with Crippen LogP contribution in [0.3, 0.4) is 0 Å². The van der Waals surface area contributed by atoms with Gasteiger partial charge in [0.1, 0.15) is 12.2 Å². The highest BCUT2D eigenvalue weighted by molar-refractivity contribution is 9.09. The van der Waals surface area contributed by atoms with Gasteiger partial charge in [-0.05, 0) is 25.7 Å². The summed E-state index contributed by atoms with van der Waals surface area (Å²) in [5.41, 5.74) is 0. The van der Waals surface area contributed by atoms with Crippen LogP contribution < -0.4 is 0 Å². The number of fused-ring (bicyclic) bond motifs is 1. The molecule has 0 aromatic rings. The second-order valence-electron chi connectivity index (χ2n) is 6.09. The fourth-order valence-electron chi connectivity index (χ4n) is 3.18. The molecule has 21 heavy (non-hydrogen) atoms. The molecule has 0 unspecified atom stereocenters. The molecule has 2 rings (SSSR count). The molecule has 2 heterocycles. The van der Waals surface area contributed by atoms with Crippen molar-refractivity contribution in [3.8, 4) is 0 Å². The molecule has 0 aromatic heterocycles. The lowest BCUT2D eigenvalue weighted by molar-refractivity contribution is -0.0251. The number of rotatable bonds is 5. The van der Waals surface area contributed by atoms with Crippen molar-refractivity contribution in [3.63, 3.8) is 0 Å². The van der Waals surface area contributed by atoms with Crippen LogP contribution in [0.25, 0.3) is 0 Å². The van der Waals surface area contributed by atoms with Gasteiger partial charge < -0.3 is 14.2 Å². The Morgan fingerprint density at radius 1 is 1.14 bits per heavy atom. The molecular weight excluding hydrogens is 336 g/mol. The van der Waals surface area contributed by atoms with Gasteiger partial charge in [0.05, 0.1) is 12.2 Å². The first-order chi connectivity index (χ1) is 10.1. The van der Waals surface area contributed by atoms with Crippen molar-refractivity contribution in [3.05, 3.63) is 0 Å². The summed E-state index contributed by atoms with van der Waals surface area (Å²) in [6, 6.07) is 0. The number of halogens is 1. The highest BCUT2D eigenvalue weighted by atomic mass is 79.9. The highest BCUT2D eigenvalue weighted by Gasteiger charge is 2.40. The van der Waals surface area contributed by atoms with Gasteiger partial charge >= 0.3 is 6.16 Å². The van der Waals surface area contributed by atoms with E-state index in [0.717, 1.165) is 32.1 Å². The van der Waals surface area contributed by atoms with Gasteiger partial charge in [0.25, 0.3) is 0 Å². The van der Waals surface area contributed by atoms with Gasteiger partial charge in [-0.25, -0.2) is 4.79 Å². The zero-order chi connectivity index (χ0) is 15.2. The summed E-state index contributed by atoms with van der Waals surface area (Å²) in [6.07, 6.45) is 7.96. The van der Waals surface area contributed by atoms with Crippen molar-refractivity contribution in [2.75, 3.05) is 0 Å². The molecule has 0 aliphatic carbocycles. The molecule has 122 valence electrons. The van der Waals surface area contributed by atoms with Crippen LogP contribution in [0.2, 0.25) is 0 Å². The molecule has 0 radical (unpaired) electrons. The molecule has 2 saturated heterocycles. The monoisotopic (exact) mass is 362 g/mol. The number of unbranched alkanes of at least 4 members (excludes halogenated alkanes) is 2. The molecule has 0 amide bonds. The Hall–Kier alpha value is -0.290. The van der Waals surface area contributed by atoms with Gasteiger partial charge in [-0.1, -0.05) is 49.0 Å². The molecule has 0 spiro atoms. The topological polar surface area (TPSA) is 44.8 Å². The van der Waals surface area contributed by atoms with Crippen LogP contribution in [0.1, 0.15) is 65.2 Å². The summed E-state index contributed by atoms with van der Waals surface area (Å²) in [7, 11) is 0. The third-order valence-electron chi connectivity index (χ3n) is 4.44. The van der Waals surface area contributed by atoms with E-state index in [9.17, 15) is 4.79 Å². The second-order valence-corrected chi connectivity index (χ2v) is 7.27. The third-order valence-corrected chi connectivity index (χ3v) is 5.41. The van der Waals surface area contributed by atoms with E-state index in [0.29, 0.717) is 0 Å². The van der Waals surface area contributed by atoms with Crippen molar-refractivity contribution < 1.29 is 19.0 Å². The molecule has 2 aliphatic heterocycles. The van der Waals surface area contributed by atoms with Crippen LogP contribution in [0.15, 0.2) is 0 Å². The summed E-state index contributed by atoms with van der Waals surface area (Å²) < 4.78 is 16.9. The summed E-state index contributed by atoms with van der Waals surface area (Å²) in [6.45, 7) is 4.36. The quantitative estimate of drug-likeness (QED) is 0.407. The molecule has 5 heteroatoms. The van der Waals surface area contributed by atoms with E-state index in [-0.39, 0.29) is 29.2 Å². The minimum absolute atomic E-state index is 0.106. The van der Waals surface area contributed by atoms with Gasteiger partial charge in [0.15, 0.2) is 0 Å². The molecule has 0 N–H and O–H groups in total. The molecule has 0 aromatic carbocycles. The molecule has 4 nitrogen and oxygen atoms in total. The molecule has 2 aliphatic rings. The number of ether oxygens (including phenoxy) is 3. The van der Waals surface area contributed by atoms with Crippen molar-refractivity contribution >= 4 is 22.1 Å². The molecular formula is C16H27BrO4. The average molecular weight is 363 g/mol. The Balaban J connectivity index is 2.00. The van der Waals surface area contributed by atoms with Crippen molar-refractivity contribution in [1.29, 1.82) is 0 Å². The largest absolute Gasteiger partial charge is 0.509 e. The minimum Gasteiger partial charge on any atom is -0.427 e. The number of alkyl halides is 1. The lowest BCUT2D eigenvalue weighted by atomic mass is 10.00. The van der Waals surface area contributed by atoms with Crippen molar-refractivity contribution in [1.82, 2.24) is 0 Å². The van der Waals surface area contributed by atoms with Gasteiger partial charge in [-0.15, -0.1) is 0 Å². The zero-order valence-corrected chi connectivity index (χ0v) is 14.6. The maximum absolute atomic E-state index is 11.4. The van der Waals surface area contributed by atoms with E-state index in [1.165, 1.54) is 19.3 Å². The van der Waals surface area contributed by atoms with E-state index in [1.54, 1.807) is 0 Å². The third kappa shape index (κ3) is 4.85. The number of carbonyl (C=O) groups excluding carboxylic acids is 1. The fraction of sp³-hybridized carbons (Fsp3) is 0.938. The predicted octanol–water partition coefficient (Wildman–Crippen LogP) is 4.58. The number of hydrogen-bond acceptors (Lipinski definition) is 4. The molecule has 2 fully saturated rings. The van der Waals surface area contributed by atoms with Gasteiger partial charge in [-0.2, -0.15) is 0 Å². The second kappa shape index (κ2) is 8.37. The van der Waals surface area contributed by atoms with E-state index < -0.39 is 6.16 Å². The zero-order valence-electron chi connectivity index (χ0n) is 13.1. The highest BCUT2D eigenvalue weighted by Crippen LogP contribution is 2.32. The Kier molecular flexibility index (Phi) is 6.80. The van der Waals surface area contributed by atoms with Gasteiger partial charge in [-0.3, -0.25) is 0 Å². The maximum atomic E-state index is 11.4. The van der Waals surface area contributed by atoms with Crippen LogP contribution in [0, 0.1) is 0 Å². The first-order valence-electron chi connectivity index (χ1n) is 8.30. The van der Waals surface area contributed by atoms with E-state index in [2.05, 4.69) is 29.8 Å². The molecule has 0 saturated carbocycles. The number of carbonyl (C=O) groups is 1. The van der Waals surface area contributed by atoms with Crippen molar-refractivity contribution in [2.45, 2.75) is 94.5 Å². The lowest BCUT2D eigenvalue weighted by Gasteiger charge is -2.27. The average Bonchev–Trinajstić information content (AvgIpc) is 2.81. The fourth-order valence-corrected chi connectivity index (χ4v) is 4.05. The Morgan fingerprint density at radius 2 is 1.90 bits per heavy atom. The molecule has 5 atom stereocenters. The first kappa shape index (κ1) is 17.1. The van der Waals surface area contributed by atoms with Crippen LogP contribution in [0.5, 0.6) is 0 Å². The summed E-state index contributed by atoms with van der Waals surface area (Å²) in [5.74, 6) is 0. The standard InChI is InChI=1S/C16H27BrO4/c1-3-5-6-7-11-8-9-14-15(21-16(18)20-14)10-12(17)13(4-2)19-11/h11-15H,3-10H2,1-2H3/t11-,12-,13+,14-,15+/m0/s1. The maximum Gasteiger partial charge on any atom is 0.509 e. The van der Waals surface area contributed by atoms with Crippen LogP contribution in [-0.2, 0) is 14.2 Å². The minimum atomic E-state index is -0.512. The van der Waals surface area contributed by atoms with Crippen molar-refractivity contribution in [2.24, 2.45) is 0 Å². The SMILES string of the molecule is CCCCC[C@H]1CC[C@@H]2OC(=O)O[C@@H]2C[C@H](Br)[C@@H](CC)O1. The van der Waals surface area contributed by atoms with E-state index in [4.69, 9.17) is 14.2 Å². The van der Waals surface area contributed by atoms with Crippen LogP contribution >= 0.6 is 15.9 Å². The summed E-state index contributed by atoms with van der Waals surface area (Å²) >= 11 is 3.73. The predicted molar refractivity (Wildman–Crippen MR) is 84.8 cm³/mol. The normalized spacial score (nSPS) is 36.9. The van der Waals surface area contributed by atoms with E-state index >= 15 is 0 Å². The first-order valence-corrected chi connectivity index (χ1v) is 9.22. The summed E-state index contributed by atoms with van der Waals surface area (Å²) in [4.78, 5) is 11.6. The van der Waals surface area contributed by atoms with Crippen LogP contribution in [0.4, 0.5) is 4.79 Å². The Morgan fingerprint density at radius 3 is 2.62 bits per heavy atom. The molecule has 0 bridgehead atoms. The van der Waals surface area contributed by atoms with Crippen LogP contribution in [-0.4, -0.2) is 35.4 Å². The number of hydrogen-bond donors (Lipinski definition) is 0. The van der Waals surface area contributed by atoms with Gasteiger partial charge in [0.2, 0.25) is 0 Å². The lowest BCUT2D eigenvalue weighted by Crippen LogP contribution is -2.31. The summed E-state index contributed by atoms with van der Waals surface area (Å²) in [5, 5.41) is 0.